The van der Waals surface area contributed by atoms with Crippen molar-refractivity contribution in [3.63, 3.8) is 0 Å². The number of carbonyl (C=O) groups is 1. The van der Waals surface area contributed by atoms with Crippen molar-refractivity contribution in [2.45, 2.75) is 44.7 Å². The number of nitrogens with zero attached hydrogens (tertiary/aromatic N) is 1. The number of benzene rings is 1. The number of carbonyl (C=O) groups excluding carboxylic acids is 1. The molecule has 0 saturated heterocycles. The van der Waals surface area contributed by atoms with E-state index in [4.69, 9.17) is 4.74 Å². The Morgan fingerprint density at radius 3 is 2.80 bits per heavy atom. The predicted octanol–water partition coefficient (Wildman–Crippen LogP) is 3.76. The van der Waals surface area contributed by atoms with Gasteiger partial charge in [0.15, 0.2) is 0 Å². The highest BCUT2D eigenvalue weighted by molar-refractivity contribution is 5.94. The monoisotopic (exact) mass is 339 g/mol. The molecule has 1 aliphatic carbocycles. The standard InChI is InChI=1S/C20H25N3O2/c1-25-19-10-6-5-7-15(19)13-22-18-11-16(12-21-14-18)20(24)23-17-8-3-2-4-9-17/h5-7,10-12,14,17,22H,2-4,8-9,13H2,1H3,(H,23,24). The van der Waals surface area contributed by atoms with E-state index in [0.717, 1.165) is 29.8 Å². The second kappa shape index (κ2) is 8.51. The number of aromatic nitrogens is 1. The van der Waals surface area contributed by atoms with E-state index in [1.165, 1.54) is 19.3 Å². The molecule has 2 N–H and O–H groups in total. The fourth-order valence-corrected chi connectivity index (χ4v) is 3.22. The maximum absolute atomic E-state index is 12.4. The molecule has 5 nitrogen and oxygen atoms in total. The van der Waals surface area contributed by atoms with Gasteiger partial charge in [-0.15, -0.1) is 0 Å². The van der Waals surface area contributed by atoms with Gasteiger partial charge in [0.2, 0.25) is 0 Å². The Labute approximate surface area is 148 Å². The average molecular weight is 339 g/mol. The summed E-state index contributed by atoms with van der Waals surface area (Å²) in [5.74, 6) is 0.800. The predicted molar refractivity (Wildman–Crippen MR) is 98.9 cm³/mol. The first kappa shape index (κ1) is 17.3. The topological polar surface area (TPSA) is 63.2 Å². The number of pyridine rings is 1. The zero-order chi connectivity index (χ0) is 17.5. The maximum Gasteiger partial charge on any atom is 0.253 e. The highest BCUT2D eigenvalue weighted by atomic mass is 16.5. The average Bonchev–Trinajstić information content (AvgIpc) is 2.67. The van der Waals surface area contributed by atoms with Gasteiger partial charge in [0.05, 0.1) is 18.4 Å². The third-order valence-electron chi connectivity index (χ3n) is 4.62. The van der Waals surface area contributed by atoms with Crippen LogP contribution >= 0.6 is 0 Å². The Bertz CT molecular complexity index is 712. The molecule has 3 rings (SSSR count). The van der Waals surface area contributed by atoms with Gasteiger partial charge in [0, 0.05) is 30.5 Å². The lowest BCUT2D eigenvalue weighted by Gasteiger charge is -2.22. The second-order valence-electron chi connectivity index (χ2n) is 6.44. The zero-order valence-electron chi connectivity index (χ0n) is 14.6. The van der Waals surface area contributed by atoms with Crippen molar-refractivity contribution >= 4 is 11.6 Å². The highest BCUT2D eigenvalue weighted by Gasteiger charge is 2.17. The van der Waals surface area contributed by atoms with Crippen LogP contribution < -0.4 is 15.4 Å². The molecule has 1 heterocycles. The summed E-state index contributed by atoms with van der Waals surface area (Å²) in [6, 6.07) is 10.0. The summed E-state index contributed by atoms with van der Waals surface area (Å²) in [7, 11) is 1.66. The third kappa shape index (κ3) is 4.72. The van der Waals surface area contributed by atoms with Crippen molar-refractivity contribution in [3.8, 4) is 5.75 Å². The van der Waals surface area contributed by atoms with E-state index in [1.54, 1.807) is 19.5 Å². The van der Waals surface area contributed by atoms with Crippen LogP contribution in [0.2, 0.25) is 0 Å². The van der Waals surface area contributed by atoms with Crippen LogP contribution in [-0.4, -0.2) is 24.0 Å². The summed E-state index contributed by atoms with van der Waals surface area (Å²) in [6.07, 6.45) is 9.17. The van der Waals surface area contributed by atoms with Crippen LogP contribution in [0.15, 0.2) is 42.7 Å². The third-order valence-corrected chi connectivity index (χ3v) is 4.62. The van der Waals surface area contributed by atoms with Gasteiger partial charge >= 0.3 is 0 Å². The first-order valence-electron chi connectivity index (χ1n) is 8.88. The molecule has 0 unspecified atom stereocenters. The van der Waals surface area contributed by atoms with Crippen LogP contribution in [0, 0.1) is 0 Å². The van der Waals surface area contributed by atoms with E-state index in [2.05, 4.69) is 15.6 Å². The number of methoxy groups -OCH3 is 1. The van der Waals surface area contributed by atoms with Crippen molar-refractivity contribution in [1.82, 2.24) is 10.3 Å². The SMILES string of the molecule is COc1ccccc1CNc1cncc(C(=O)NC2CCCCC2)c1. The molecule has 132 valence electrons. The first-order chi connectivity index (χ1) is 12.3. The Morgan fingerprint density at radius 1 is 1.20 bits per heavy atom. The fraction of sp³-hybridized carbons (Fsp3) is 0.400. The van der Waals surface area contributed by atoms with Gasteiger partial charge in [0.25, 0.3) is 5.91 Å². The molecule has 5 heteroatoms. The second-order valence-corrected chi connectivity index (χ2v) is 6.44. The molecule has 1 fully saturated rings. The Kier molecular flexibility index (Phi) is 5.88. The van der Waals surface area contributed by atoms with Crippen LogP contribution in [0.4, 0.5) is 5.69 Å². The van der Waals surface area contributed by atoms with Crippen molar-refractivity contribution in [3.05, 3.63) is 53.9 Å². The Balaban J connectivity index is 1.61. The Hall–Kier alpha value is -2.56. The van der Waals surface area contributed by atoms with Gasteiger partial charge in [-0.3, -0.25) is 9.78 Å². The van der Waals surface area contributed by atoms with Crippen molar-refractivity contribution in [1.29, 1.82) is 0 Å². The van der Waals surface area contributed by atoms with Gasteiger partial charge in [0.1, 0.15) is 5.75 Å². The highest BCUT2D eigenvalue weighted by Crippen LogP contribution is 2.20. The van der Waals surface area contributed by atoms with Crippen molar-refractivity contribution in [2.75, 3.05) is 12.4 Å². The number of rotatable bonds is 6. The Morgan fingerprint density at radius 2 is 2.00 bits per heavy atom. The minimum Gasteiger partial charge on any atom is -0.496 e. The molecule has 1 aromatic heterocycles. The van der Waals surface area contributed by atoms with E-state index >= 15 is 0 Å². The lowest BCUT2D eigenvalue weighted by molar-refractivity contribution is 0.0927. The van der Waals surface area contributed by atoms with Crippen LogP contribution in [-0.2, 0) is 6.54 Å². The van der Waals surface area contributed by atoms with Gasteiger partial charge < -0.3 is 15.4 Å². The van der Waals surface area contributed by atoms with Crippen LogP contribution in [0.5, 0.6) is 5.75 Å². The number of ether oxygens (including phenoxy) is 1. The normalized spacial score (nSPS) is 14.8. The van der Waals surface area contributed by atoms with Crippen LogP contribution in [0.3, 0.4) is 0 Å². The fourth-order valence-electron chi connectivity index (χ4n) is 3.22. The number of anilines is 1. The van der Waals surface area contributed by atoms with E-state index in [-0.39, 0.29) is 5.91 Å². The summed E-state index contributed by atoms with van der Waals surface area (Å²) < 4.78 is 5.36. The van der Waals surface area contributed by atoms with Gasteiger partial charge in [-0.1, -0.05) is 37.5 Å². The maximum atomic E-state index is 12.4. The summed E-state index contributed by atoms with van der Waals surface area (Å²) >= 11 is 0. The summed E-state index contributed by atoms with van der Waals surface area (Å²) in [5, 5.41) is 6.44. The smallest absolute Gasteiger partial charge is 0.253 e. The van der Waals surface area contributed by atoms with Crippen LogP contribution in [0.1, 0.15) is 48.0 Å². The largest absolute Gasteiger partial charge is 0.496 e. The van der Waals surface area contributed by atoms with Gasteiger partial charge in [-0.2, -0.15) is 0 Å². The zero-order valence-corrected chi connectivity index (χ0v) is 14.6. The first-order valence-corrected chi connectivity index (χ1v) is 8.88. The molecule has 25 heavy (non-hydrogen) atoms. The molecular formula is C20H25N3O2. The molecule has 0 spiro atoms. The van der Waals surface area contributed by atoms with Crippen molar-refractivity contribution in [2.24, 2.45) is 0 Å². The molecule has 0 bridgehead atoms. The van der Waals surface area contributed by atoms with E-state index in [1.807, 2.05) is 30.3 Å². The minimum absolute atomic E-state index is 0.0414. The molecule has 0 aliphatic heterocycles. The summed E-state index contributed by atoms with van der Waals surface area (Å²) in [5.41, 5.74) is 2.47. The van der Waals surface area contributed by atoms with E-state index < -0.39 is 0 Å². The number of hydrogen-bond acceptors (Lipinski definition) is 4. The summed E-state index contributed by atoms with van der Waals surface area (Å²) in [6.45, 7) is 0.611. The number of amides is 1. The quantitative estimate of drug-likeness (QED) is 0.841. The molecule has 0 atom stereocenters. The lowest BCUT2D eigenvalue weighted by atomic mass is 9.95. The molecule has 1 saturated carbocycles. The molecule has 1 aromatic carbocycles. The summed E-state index contributed by atoms with van der Waals surface area (Å²) in [4.78, 5) is 16.6. The molecule has 1 amide bonds. The van der Waals surface area contributed by atoms with Gasteiger partial charge in [-0.05, 0) is 25.0 Å². The number of nitrogens with one attached hydrogen (secondary N) is 2. The minimum atomic E-state index is -0.0414. The lowest BCUT2D eigenvalue weighted by Crippen LogP contribution is -2.36. The number of para-hydroxylation sites is 1. The molecule has 0 radical (unpaired) electrons. The van der Waals surface area contributed by atoms with Crippen LogP contribution in [0.25, 0.3) is 0 Å². The number of hydrogen-bond donors (Lipinski definition) is 2. The molecule has 1 aliphatic rings. The van der Waals surface area contributed by atoms with Crippen molar-refractivity contribution < 1.29 is 9.53 Å². The van der Waals surface area contributed by atoms with Gasteiger partial charge in [-0.25, -0.2) is 0 Å². The molecular weight excluding hydrogens is 314 g/mol. The molecule has 2 aromatic rings. The van der Waals surface area contributed by atoms with E-state index in [0.29, 0.717) is 18.2 Å². The van der Waals surface area contributed by atoms with E-state index in [9.17, 15) is 4.79 Å².